The highest BCUT2D eigenvalue weighted by molar-refractivity contribution is 6.35. The molecule has 2 aromatic rings. The standard InChI is InChI=1S/C29H32ClF4N5O3/c1-5-21(40)37-10-11-38-18(13-37)15-42-25-22(27(38)41)26(35-24(23(25)30)19-8-6-7-9-20(19)31)39-14-17(12-28(39,2)3)36(4)16-29(32,33)34/h5-9,17-18H,1,10-16H2,2-4H3/t17-,18-/m1/s1. The molecule has 0 unspecified atom stereocenters. The number of rotatable bonds is 5. The van der Waals surface area contributed by atoms with Gasteiger partial charge in [0, 0.05) is 43.3 Å². The molecule has 5 rings (SSSR count). The third kappa shape index (κ3) is 5.54. The zero-order chi connectivity index (χ0) is 30.6. The van der Waals surface area contributed by atoms with E-state index < -0.39 is 42.1 Å². The second-order valence-electron chi connectivity index (χ2n) is 11.5. The Bertz CT molecular complexity index is 1420. The van der Waals surface area contributed by atoms with Gasteiger partial charge in [0.15, 0.2) is 5.75 Å². The summed E-state index contributed by atoms with van der Waals surface area (Å²) in [7, 11) is 1.42. The van der Waals surface area contributed by atoms with Gasteiger partial charge in [0.2, 0.25) is 5.91 Å². The Morgan fingerprint density at radius 3 is 2.64 bits per heavy atom. The number of aromatic nitrogens is 1. The molecule has 0 saturated carbocycles. The first-order valence-corrected chi connectivity index (χ1v) is 14.0. The fourth-order valence-corrected chi connectivity index (χ4v) is 6.39. The Hall–Kier alpha value is -3.38. The smallest absolute Gasteiger partial charge is 0.401 e. The van der Waals surface area contributed by atoms with Crippen molar-refractivity contribution in [1.29, 1.82) is 0 Å². The number of nitrogens with zero attached hydrogens (tertiary/aromatic N) is 5. The normalized spacial score (nSPS) is 22.0. The predicted molar refractivity (Wildman–Crippen MR) is 150 cm³/mol. The average Bonchev–Trinajstić information content (AvgIpc) is 3.17. The van der Waals surface area contributed by atoms with Crippen molar-refractivity contribution < 1.29 is 31.9 Å². The zero-order valence-corrected chi connectivity index (χ0v) is 24.3. The SMILES string of the molecule is C=CC(=O)N1CCN2C(=O)c3c(N4C[C@H](N(C)CC(F)(F)F)CC4(C)C)nc(-c4ccccc4F)c(Cl)c3OC[C@H]2C1. The van der Waals surface area contributed by atoms with E-state index in [9.17, 15) is 22.8 Å². The molecule has 0 aliphatic carbocycles. The van der Waals surface area contributed by atoms with E-state index in [0.29, 0.717) is 6.42 Å². The number of halogens is 5. The lowest BCUT2D eigenvalue weighted by Gasteiger charge is -2.40. The van der Waals surface area contributed by atoms with Gasteiger partial charge >= 0.3 is 6.18 Å². The summed E-state index contributed by atoms with van der Waals surface area (Å²) >= 11 is 6.82. The lowest BCUT2D eigenvalue weighted by molar-refractivity contribution is -0.146. The molecule has 8 nitrogen and oxygen atoms in total. The van der Waals surface area contributed by atoms with Gasteiger partial charge in [-0.25, -0.2) is 9.37 Å². The summed E-state index contributed by atoms with van der Waals surface area (Å²) in [6.45, 7) is 7.04. The van der Waals surface area contributed by atoms with Gasteiger partial charge in [-0.15, -0.1) is 0 Å². The van der Waals surface area contributed by atoms with E-state index in [2.05, 4.69) is 6.58 Å². The van der Waals surface area contributed by atoms with Gasteiger partial charge < -0.3 is 19.4 Å². The van der Waals surface area contributed by atoms with Gasteiger partial charge in [-0.3, -0.25) is 14.5 Å². The molecule has 2 saturated heterocycles. The molecule has 0 bridgehead atoms. The van der Waals surface area contributed by atoms with Gasteiger partial charge in [-0.05, 0) is 45.5 Å². The van der Waals surface area contributed by atoms with Crippen LogP contribution in [0.25, 0.3) is 11.3 Å². The van der Waals surface area contributed by atoms with Crippen molar-refractivity contribution in [3.8, 4) is 17.0 Å². The van der Waals surface area contributed by atoms with Crippen molar-refractivity contribution in [2.45, 2.75) is 44.1 Å². The van der Waals surface area contributed by atoms with Crippen LogP contribution in [0, 0.1) is 5.82 Å². The number of fused-ring (bicyclic) bond motifs is 2. The van der Waals surface area contributed by atoms with Gasteiger partial charge in [0.05, 0.1) is 18.3 Å². The lowest BCUT2D eigenvalue weighted by atomic mass is 9.98. The number of anilines is 1. The lowest BCUT2D eigenvalue weighted by Crippen LogP contribution is -2.57. The minimum absolute atomic E-state index is 0.0138. The Morgan fingerprint density at radius 1 is 1.26 bits per heavy atom. The molecular weight excluding hydrogens is 578 g/mol. The average molecular weight is 610 g/mol. The molecule has 0 radical (unpaired) electrons. The quantitative estimate of drug-likeness (QED) is 0.364. The molecule has 0 spiro atoms. The third-order valence-electron chi connectivity index (χ3n) is 8.24. The van der Waals surface area contributed by atoms with Gasteiger partial charge in [0.25, 0.3) is 5.91 Å². The van der Waals surface area contributed by atoms with E-state index in [1.165, 1.54) is 36.2 Å². The maximum atomic E-state index is 15.0. The van der Waals surface area contributed by atoms with Crippen LogP contribution in [0.3, 0.4) is 0 Å². The van der Waals surface area contributed by atoms with Crippen molar-refractivity contribution >= 4 is 29.2 Å². The number of amides is 2. The Morgan fingerprint density at radius 2 is 1.98 bits per heavy atom. The molecule has 0 N–H and O–H groups in total. The maximum Gasteiger partial charge on any atom is 0.401 e. The number of carbonyl (C=O) groups excluding carboxylic acids is 2. The molecule has 3 aliphatic heterocycles. The van der Waals surface area contributed by atoms with Gasteiger partial charge in [-0.1, -0.05) is 30.3 Å². The summed E-state index contributed by atoms with van der Waals surface area (Å²) in [4.78, 5) is 37.5. The minimum atomic E-state index is -4.38. The summed E-state index contributed by atoms with van der Waals surface area (Å²) in [5.41, 5.74) is -0.511. The van der Waals surface area contributed by atoms with Crippen LogP contribution in [0.1, 0.15) is 30.6 Å². The number of piperazine rings is 1. The number of hydrogen-bond donors (Lipinski definition) is 0. The molecule has 13 heteroatoms. The van der Waals surface area contributed by atoms with Crippen molar-refractivity contribution in [3.05, 3.63) is 53.3 Å². The van der Waals surface area contributed by atoms with E-state index in [-0.39, 0.29) is 72.1 Å². The van der Waals surface area contributed by atoms with Gasteiger partial charge in [0.1, 0.15) is 28.8 Å². The maximum absolute atomic E-state index is 15.0. The van der Waals surface area contributed by atoms with Crippen LogP contribution in [0.5, 0.6) is 5.75 Å². The Labute approximate surface area is 246 Å². The highest BCUT2D eigenvalue weighted by Gasteiger charge is 2.47. The molecule has 3 aliphatic rings. The van der Waals surface area contributed by atoms with Crippen molar-refractivity contribution in [3.63, 3.8) is 0 Å². The van der Waals surface area contributed by atoms with Crippen molar-refractivity contribution in [2.24, 2.45) is 0 Å². The monoisotopic (exact) mass is 609 g/mol. The van der Waals surface area contributed by atoms with Crippen LogP contribution in [0.4, 0.5) is 23.4 Å². The molecule has 42 heavy (non-hydrogen) atoms. The fourth-order valence-electron chi connectivity index (χ4n) is 6.09. The fraction of sp³-hybridized carbons (Fsp3) is 0.483. The molecule has 226 valence electrons. The summed E-state index contributed by atoms with van der Waals surface area (Å²) in [6.07, 6.45) is -2.81. The summed E-state index contributed by atoms with van der Waals surface area (Å²) in [5, 5.41) is -0.0474. The summed E-state index contributed by atoms with van der Waals surface area (Å²) in [5.74, 6) is -1.08. The molecule has 2 amide bonds. The molecule has 1 aromatic carbocycles. The zero-order valence-electron chi connectivity index (χ0n) is 23.5. The Kier molecular flexibility index (Phi) is 7.90. The molecule has 2 atom stereocenters. The Balaban J connectivity index is 1.63. The van der Waals surface area contributed by atoms with E-state index in [0.717, 1.165) is 0 Å². The number of hydrogen-bond acceptors (Lipinski definition) is 6. The second-order valence-corrected chi connectivity index (χ2v) is 11.9. The number of carbonyl (C=O) groups is 2. The van der Waals surface area contributed by atoms with Crippen LogP contribution in [-0.4, -0.2) is 102 Å². The van der Waals surface area contributed by atoms with Crippen LogP contribution in [0.15, 0.2) is 36.9 Å². The molecular formula is C29H32ClF4N5O3. The number of likely N-dealkylation sites (N-methyl/N-ethyl adjacent to an activating group) is 1. The van der Waals surface area contributed by atoms with E-state index >= 15 is 4.39 Å². The van der Waals surface area contributed by atoms with E-state index in [4.69, 9.17) is 21.3 Å². The van der Waals surface area contributed by atoms with Crippen LogP contribution < -0.4 is 9.64 Å². The number of pyridine rings is 1. The largest absolute Gasteiger partial charge is 0.489 e. The molecule has 4 heterocycles. The van der Waals surface area contributed by atoms with Gasteiger partial charge in [-0.2, -0.15) is 13.2 Å². The first kappa shape index (κ1) is 30.1. The number of alkyl halides is 3. The first-order chi connectivity index (χ1) is 19.7. The van der Waals surface area contributed by atoms with Crippen LogP contribution in [-0.2, 0) is 4.79 Å². The number of ether oxygens (including phenoxy) is 1. The first-order valence-electron chi connectivity index (χ1n) is 13.6. The van der Waals surface area contributed by atoms with E-state index in [1.54, 1.807) is 20.8 Å². The predicted octanol–water partition coefficient (Wildman–Crippen LogP) is 4.62. The molecule has 1 aromatic heterocycles. The topological polar surface area (TPSA) is 69.2 Å². The van der Waals surface area contributed by atoms with Crippen molar-refractivity contribution in [2.75, 3.05) is 51.3 Å². The van der Waals surface area contributed by atoms with Crippen molar-refractivity contribution in [1.82, 2.24) is 19.7 Å². The summed E-state index contributed by atoms with van der Waals surface area (Å²) < 4.78 is 61.0. The molecule has 2 fully saturated rings. The highest BCUT2D eigenvalue weighted by atomic mass is 35.5. The third-order valence-corrected chi connectivity index (χ3v) is 8.59. The summed E-state index contributed by atoms with van der Waals surface area (Å²) in [6, 6.07) is 4.92. The van der Waals surface area contributed by atoms with Crippen LogP contribution >= 0.6 is 11.6 Å². The van der Waals surface area contributed by atoms with E-state index in [1.807, 2.05) is 13.8 Å². The number of benzene rings is 1. The second kappa shape index (κ2) is 11.0. The van der Waals surface area contributed by atoms with Crippen LogP contribution in [0.2, 0.25) is 5.02 Å². The minimum Gasteiger partial charge on any atom is -0.489 e. The highest BCUT2D eigenvalue weighted by Crippen LogP contribution is 2.47.